The number of rotatable bonds is 4. The van der Waals surface area contributed by atoms with Crippen LogP contribution in [0.25, 0.3) is 21.8 Å². The number of hydrogen-bond acceptors (Lipinski definition) is 3. The highest BCUT2D eigenvalue weighted by Gasteiger charge is 2.23. The molecular weight excluding hydrogens is 403 g/mol. The highest BCUT2D eigenvalue weighted by atomic mass is 35.5. The number of likely N-dealkylation sites (tertiary alicyclic amines) is 1. The molecule has 2 aromatic heterocycles. The van der Waals surface area contributed by atoms with Gasteiger partial charge in [-0.1, -0.05) is 23.7 Å². The van der Waals surface area contributed by atoms with E-state index in [9.17, 15) is 9.18 Å². The van der Waals surface area contributed by atoms with Gasteiger partial charge in [0.15, 0.2) is 0 Å². The molecule has 0 atom stereocenters. The lowest BCUT2D eigenvalue weighted by atomic mass is 9.95. The fourth-order valence-electron chi connectivity index (χ4n) is 4.43. The maximum Gasteiger partial charge on any atom is 0.261 e. The Balaban J connectivity index is 1.24. The van der Waals surface area contributed by atoms with Crippen molar-refractivity contribution in [2.24, 2.45) is 0 Å². The van der Waals surface area contributed by atoms with Crippen molar-refractivity contribution in [3.8, 4) is 0 Å². The Bertz CT molecular complexity index is 1270. The molecule has 7 heteroatoms. The Labute approximate surface area is 177 Å². The van der Waals surface area contributed by atoms with Crippen LogP contribution in [-0.4, -0.2) is 39.5 Å². The molecule has 1 aliphatic rings. The summed E-state index contributed by atoms with van der Waals surface area (Å²) in [5, 5.41) is 2.00. The van der Waals surface area contributed by atoms with E-state index < -0.39 is 11.4 Å². The first kappa shape index (κ1) is 19.3. The van der Waals surface area contributed by atoms with Crippen molar-refractivity contribution in [1.29, 1.82) is 0 Å². The van der Waals surface area contributed by atoms with Gasteiger partial charge in [0.25, 0.3) is 5.56 Å². The van der Waals surface area contributed by atoms with Crippen molar-refractivity contribution in [2.45, 2.75) is 25.2 Å². The molecule has 2 N–H and O–H groups in total. The largest absolute Gasteiger partial charge is 0.361 e. The summed E-state index contributed by atoms with van der Waals surface area (Å²) in [6.45, 7) is 2.88. The molecule has 1 fully saturated rings. The molecule has 0 amide bonds. The van der Waals surface area contributed by atoms with Gasteiger partial charge in [-0.25, -0.2) is 9.37 Å². The molecule has 0 bridgehead atoms. The third-order valence-corrected chi connectivity index (χ3v) is 6.34. The Morgan fingerprint density at radius 3 is 2.87 bits per heavy atom. The second kappa shape index (κ2) is 7.85. The zero-order valence-corrected chi connectivity index (χ0v) is 17.2. The first-order valence-corrected chi connectivity index (χ1v) is 10.6. The zero-order valence-electron chi connectivity index (χ0n) is 16.4. The number of nitrogens with zero attached hydrogens (tertiary/aromatic N) is 2. The van der Waals surface area contributed by atoms with Gasteiger partial charge in [-0.15, -0.1) is 0 Å². The minimum atomic E-state index is -0.526. The van der Waals surface area contributed by atoms with E-state index in [1.165, 1.54) is 17.0 Å². The van der Waals surface area contributed by atoms with Gasteiger partial charge in [0.1, 0.15) is 17.0 Å². The summed E-state index contributed by atoms with van der Waals surface area (Å²) < 4.78 is 13.9. The van der Waals surface area contributed by atoms with E-state index in [1.54, 1.807) is 12.1 Å². The molecule has 30 heavy (non-hydrogen) atoms. The fraction of sp³-hybridized carbons (Fsp3) is 0.304. The molecule has 4 aromatic rings. The lowest BCUT2D eigenvalue weighted by molar-refractivity contribution is 0.211. The van der Waals surface area contributed by atoms with E-state index in [0.717, 1.165) is 49.4 Å². The smallest absolute Gasteiger partial charge is 0.261 e. The lowest BCUT2D eigenvalue weighted by Crippen LogP contribution is -2.35. The van der Waals surface area contributed by atoms with E-state index in [-0.39, 0.29) is 11.3 Å². The molecule has 5 nitrogen and oxygen atoms in total. The molecule has 5 rings (SSSR count). The minimum Gasteiger partial charge on any atom is -0.361 e. The van der Waals surface area contributed by atoms with E-state index in [2.05, 4.69) is 32.1 Å². The number of nitrogens with one attached hydrogen (secondary N) is 2. The fourth-order valence-corrected chi connectivity index (χ4v) is 4.61. The van der Waals surface area contributed by atoms with Crippen LogP contribution in [0.1, 0.15) is 30.1 Å². The van der Waals surface area contributed by atoms with Crippen LogP contribution in [0.2, 0.25) is 5.02 Å². The first-order valence-electron chi connectivity index (χ1n) is 10.2. The standard InChI is InChI=1S/C23H22ClFN4O/c24-16-4-5-17-15(13-26-20(17)12-16)8-11-29-9-6-14(7-10-29)22-27-19-3-1-2-18(25)21(19)23(30)28-22/h1-5,12-14,26H,6-11H2,(H,27,28,30). The highest BCUT2D eigenvalue weighted by Crippen LogP contribution is 2.27. The molecule has 0 radical (unpaired) electrons. The van der Waals surface area contributed by atoms with Gasteiger partial charge in [0, 0.05) is 34.6 Å². The summed E-state index contributed by atoms with van der Waals surface area (Å²) in [4.78, 5) is 25.4. The van der Waals surface area contributed by atoms with Crippen LogP contribution in [0.5, 0.6) is 0 Å². The molecule has 2 aromatic carbocycles. The monoisotopic (exact) mass is 424 g/mol. The van der Waals surface area contributed by atoms with Gasteiger partial charge in [0.05, 0.1) is 5.52 Å². The summed E-state index contributed by atoms with van der Waals surface area (Å²) in [5.41, 5.74) is 2.40. The number of halogens is 2. The van der Waals surface area contributed by atoms with Crippen LogP contribution in [0.3, 0.4) is 0 Å². The van der Waals surface area contributed by atoms with E-state index in [0.29, 0.717) is 11.3 Å². The van der Waals surface area contributed by atoms with Crippen LogP contribution in [-0.2, 0) is 6.42 Å². The molecule has 3 heterocycles. The number of hydrogen-bond donors (Lipinski definition) is 2. The number of piperidine rings is 1. The van der Waals surface area contributed by atoms with Crippen LogP contribution < -0.4 is 5.56 Å². The highest BCUT2D eigenvalue weighted by molar-refractivity contribution is 6.31. The number of aromatic amines is 2. The Hall–Kier alpha value is -2.70. The number of benzene rings is 2. The van der Waals surface area contributed by atoms with E-state index in [4.69, 9.17) is 11.6 Å². The summed E-state index contributed by atoms with van der Waals surface area (Å²) in [6.07, 6.45) is 4.88. The Morgan fingerprint density at radius 1 is 1.20 bits per heavy atom. The quantitative estimate of drug-likeness (QED) is 0.502. The second-order valence-corrected chi connectivity index (χ2v) is 8.39. The normalized spacial score (nSPS) is 15.9. The van der Waals surface area contributed by atoms with Crippen molar-refractivity contribution in [1.82, 2.24) is 19.9 Å². The van der Waals surface area contributed by atoms with E-state index in [1.807, 2.05) is 12.1 Å². The van der Waals surface area contributed by atoms with Gasteiger partial charge < -0.3 is 14.9 Å². The molecular formula is C23H22ClFN4O. The SMILES string of the molecule is O=c1[nH]c(C2CCN(CCc3c[nH]c4cc(Cl)ccc34)CC2)nc2cccc(F)c12. The van der Waals surface area contributed by atoms with Gasteiger partial charge in [-0.3, -0.25) is 4.79 Å². The predicted octanol–water partition coefficient (Wildman–Crippen LogP) is 4.62. The minimum absolute atomic E-state index is 0.0405. The third-order valence-electron chi connectivity index (χ3n) is 6.10. The number of fused-ring (bicyclic) bond motifs is 2. The molecule has 0 unspecified atom stereocenters. The molecule has 1 saturated heterocycles. The van der Waals surface area contributed by atoms with Crippen LogP contribution >= 0.6 is 11.6 Å². The average Bonchev–Trinajstić information content (AvgIpc) is 3.14. The maximum atomic E-state index is 13.9. The summed E-state index contributed by atoms with van der Waals surface area (Å²) >= 11 is 6.07. The third kappa shape index (κ3) is 3.61. The summed E-state index contributed by atoms with van der Waals surface area (Å²) in [6, 6.07) is 10.5. The average molecular weight is 425 g/mol. The van der Waals surface area contributed by atoms with Gasteiger partial charge in [-0.2, -0.15) is 0 Å². The number of aromatic nitrogens is 3. The lowest BCUT2D eigenvalue weighted by Gasteiger charge is -2.31. The zero-order chi connectivity index (χ0) is 20.7. The second-order valence-electron chi connectivity index (χ2n) is 7.95. The molecule has 154 valence electrons. The molecule has 0 aliphatic carbocycles. The Morgan fingerprint density at radius 2 is 2.03 bits per heavy atom. The van der Waals surface area contributed by atoms with Crippen LogP contribution in [0, 0.1) is 5.82 Å². The van der Waals surface area contributed by atoms with Crippen molar-refractivity contribution in [3.05, 3.63) is 75.2 Å². The molecule has 1 aliphatic heterocycles. The predicted molar refractivity (Wildman–Crippen MR) is 118 cm³/mol. The van der Waals surface area contributed by atoms with Gasteiger partial charge in [0.2, 0.25) is 0 Å². The number of H-pyrrole nitrogens is 2. The van der Waals surface area contributed by atoms with Crippen molar-refractivity contribution in [3.63, 3.8) is 0 Å². The summed E-state index contributed by atoms with van der Waals surface area (Å²) in [5.74, 6) is 0.338. The van der Waals surface area contributed by atoms with Crippen molar-refractivity contribution < 1.29 is 4.39 Å². The first-order chi connectivity index (χ1) is 14.6. The maximum absolute atomic E-state index is 13.9. The van der Waals surface area contributed by atoms with Crippen LogP contribution in [0.15, 0.2) is 47.4 Å². The van der Waals surface area contributed by atoms with E-state index >= 15 is 0 Å². The topological polar surface area (TPSA) is 64.8 Å². The molecule has 0 saturated carbocycles. The van der Waals surface area contributed by atoms with Crippen molar-refractivity contribution in [2.75, 3.05) is 19.6 Å². The molecule has 0 spiro atoms. The Kier molecular flexibility index (Phi) is 5.05. The summed E-state index contributed by atoms with van der Waals surface area (Å²) in [7, 11) is 0. The van der Waals surface area contributed by atoms with Gasteiger partial charge in [-0.05, 0) is 62.2 Å². The van der Waals surface area contributed by atoms with Crippen molar-refractivity contribution >= 4 is 33.4 Å². The van der Waals surface area contributed by atoms with Gasteiger partial charge >= 0.3 is 0 Å². The van der Waals surface area contributed by atoms with Crippen LogP contribution in [0.4, 0.5) is 4.39 Å².